The van der Waals surface area contributed by atoms with Gasteiger partial charge in [-0.05, 0) is 34.4 Å². The summed E-state index contributed by atoms with van der Waals surface area (Å²) in [5, 5.41) is 14.3. The lowest BCUT2D eigenvalue weighted by Gasteiger charge is -2.21. The van der Waals surface area contributed by atoms with E-state index in [1.165, 1.54) is 7.11 Å². The number of nitrogens with one attached hydrogen (secondary N) is 3. The molecule has 3 aromatic rings. The number of methoxy groups -OCH3 is 1. The molecule has 0 saturated heterocycles. The largest absolute Gasteiger partial charge is 0.480 e. The zero-order valence-electron chi connectivity index (χ0n) is 19.2. The molecule has 35 heavy (non-hydrogen) atoms. The van der Waals surface area contributed by atoms with Crippen LogP contribution in [0.25, 0.3) is 11.1 Å². The zero-order valence-corrected chi connectivity index (χ0v) is 19.2. The first kappa shape index (κ1) is 24.0. The molecule has 9 heteroatoms. The number of carboxylic acid groups (broad SMARTS) is 1. The van der Waals surface area contributed by atoms with E-state index in [-0.39, 0.29) is 25.6 Å². The summed E-state index contributed by atoms with van der Waals surface area (Å²) in [7, 11) is 1.34. The van der Waals surface area contributed by atoms with Crippen LogP contribution < -0.4 is 10.6 Å². The quantitative estimate of drug-likeness (QED) is 0.355. The van der Waals surface area contributed by atoms with Gasteiger partial charge in [0.2, 0.25) is 5.91 Å². The molecule has 0 fully saturated rings. The van der Waals surface area contributed by atoms with Gasteiger partial charge in [0.15, 0.2) is 6.04 Å². The smallest absolute Gasteiger partial charge is 0.407 e. The molecule has 2 amide bonds. The number of amides is 2. The van der Waals surface area contributed by atoms with E-state index < -0.39 is 30.1 Å². The molecule has 1 aliphatic rings. The van der Waals surface area contributed by atoms with Crippen molar-refractivity contribution in [1.82, 2.24) is 15.6 Å². The number of carboxylic acids is 1. The molecule has 0 bridgehead atoms. The topological polar surface area (TPSA) is 130 Å². The number of aliphatic carboxylic acids is 1. The Labute approximate surface area is 202 Å². The third-order valence-electron chi connectivity index (χ3n) is 5.99. The Kier molecular flexibility index (Phi) is 7.47. The minimum absolute atomic E-state index is 0.0954. The van der Waals surface area contributed by atoms with E-state index in [2.05, 4.69) is 15.6 Å². The van der Waals surface area contributed by atoms with E-state index >= 15 is 0 Å². The van der Waals surface area contributed by atoms with Crippen molar-refractivity contribution in [3.63, 3.8) is 0 Å². The Hall–Kier alpha value is -4.11. The van der Waals surface area contributed by atoms with Gasteiger partial charge < -0.3 is 30.2 Å². The monoisotopic (exact) mass is 477 g/mol. The molecule has 0 aliphatic heterocycles. The summed E-state index contributed by atoms with van der Waals surface area (Å²) in [4.78, 5) is 40.0. The number of H-pyrrole nitrogens is 1. The van der Waals surface area contributed by atoms with Gasteiger partial charge in [0.05, 0.1) is 6.61 Å². The van der Waals surface area contributed by atoms with E-state index in [0.29, 0.717) is 5.69 Å². The number of hydrogen-bond acceptors (Lipinski definition) is 5. The third kappa shape index (κ3) is 5.52. The van der Waals surface area contributed by atoms with Crippen LogP contribution in [0.5, 0.6) is 0 Å². The Morgan fingerprint density at radius 2 is 1.60 bits per heavy atom. The summed E-state index contributed by atoms with van der Waals surface area (Å²) in [6.07, 6.45) is 1.06. The summed E-state index contributed by atoms with van der Waals surface area (Å²) in [6, 6.07) is 17.2. The second-order valence-electron chi connectivity index (χ2n) is 8.28. The average Bonchev–Trinajstić information content (AvgIpc) is 3.48. The van der Waals surface area contributed by atoms with Crippen molar-refractivity contribution in [2.24, 2.45) is 0 Å². The Morgan fingerprint density at radius 1 is 0.943 bits per heavy atom. The van der Waals surface area contributed by atoms with Crippen molar-refractivity contribution in [2.45, 2.75) is 24.4 Å². The van der Waals surface area contributed by atoms with Gasteiger partial charge in [-0.25, -0.2) is 9.59 Å². The standard InChI is InChI=1S/C26H27N3O6/c1-34-15-23(25(31)32)28-24(30)22(13-16-7-6-12-27-16)29-26(33)35-14-21-19-10-4-2-8-17(19)18-9-3-5-11-20(18)21/h2-12,21-23,27H,13-15H2,1H3,(H,28,30)(H,29,33)(H,31,32)/t22?,23-/m0/s1. The number of alkyl carbamates (subject to hydrolysis) is 1. The lowest BCUT2D eigenvalue weighted by molar-refractivity contribution is -0.143. The van der Waals surface area contributed by atoms with Crippen molar-refractivity contribution in [3.05, 3.63) is 83.7 Å². The maximum absolute atomic E-state index is 12.9. The number of carbonyl (C=O) groups is 3. The van der Waals surface area contributed by atoms with Crippen LogP contribution >= 0.6 is 0 Å². The predicted octanol–water partition coefficient (Wildman–Crippen LogP) is 2.68. The SMILES string of the molecule is COC[C@H](NC(=O)C(Cc1ccc[nH]1)NC(=O)OCC1c2ccccc2-c2ccccc21)C(=O)O. The van der Waals surface area contributed by atoms with E-state index in [4.69, 9.17) is 9.47 Å². The molecule has 1 unspecified atom stereocenters. The number of rotatable bonds is 10. The number of fused-ring (bicyclic) bond motifs is 3. The van der Waals surface area contributed by atoms with Gasteiger partial charge in [-0.15, -0.1) is 0 Å². The minimum Gasteiger partial charge on any atom is -0.480 e. The number of aromatic nitrogens is 1. The molecular formula is C26H27N3O6. The summed E-state index contributed by atoms with van der Waals surface area (Å²) in [5.41, 5.74) is 5.07. The Balaban J connectivity index is 1.44. The fourth-order valence-electron chi connectivity index (χ4n) is 4.32. The van der Waals surface area contributed by atoms with E-state index in [1.54, 1.807) is 18.3 Å². The number of hydrogen-bond donors (Lipinski definition) is 4. The Morgan fingerprint density at radius 3 is 2.17 bits per heavy atom. The number of benzene rings is 2. The zero-order chi connectivity index (χ0) is 24.8. The second kappa shape index (κ2) is 10.9. The van der Waals surface area contributed by atoms with Crippen molar-refractivity contribution in [3.8, 4) is 11.1 Å². The molecule has 9 nitrogen and oxygen atoms in total. The highest BCUT2D eigenvalue weighted by Crippen LogP contribution is 2.44. The molecule has 4 N–H and O–H groups in total. The fraction of sp³-hybridized carbons (Fsp3) is 0.269. The first-order valence-electron chi connectivity index (χ1n) is 11.2. The van der Waals surface area contributed by atoms with Gasteiger partial charge in [0, 0.05) is 31.3 Å². The molecule has 0 radical (unpaired) electrons. The maximum Gasteiger partial charge on any atom is 0.407 e. The molecule has 1 aliphatic carbocycles. The highest BCUT2D eigenvalue weighted by molar-refractivity contribution is 5.89. The van der Waals surface area contributed by atoms with Crippen LogP contribution in [0, 0.1) is 0 Å². The van der Waals surface area contributed by atoms with Gasteiger partial charge >= 0.3 is 12.1 Å². The normalized spacial score (nSPS) is 13.9. The van der Waals surface area contributed by atoms with Gasteiger partial charge in [0.25, 0.3) is 0 Å². The fourth-order valence-corrected chi connectivity index (χ4v) is 4.32. The maximum atomic E-state index is 12.9. The van der Waals surface area contributed by atoms with E-state index in [9.17, 15) is 19.5 Å². The summed E-state index contributed by atoms with van der Waals surface area (Å²) in [5.74, 6) is -2.01. The number of ether oxygens (including phenoxy) is 2. The highest BCUT2D eigenvalue weighted by atomic mass is 16.5. The minimum atomic E-state index is -1.25. The van der Waals surface area contributed by atoms with Crippen LogP contribution in [0.4, 0.5) is 4.79 Å². The Bertz CT molecular complexity index is 1150. The van der Waals surface area contributed by atoms with E-state index in [0.717, 1.165) is 22.3 Å². The van der Waals surface area contributed by atoms with Gasteiger partial charge in [-0.2, -0.15) is 0 Å². The predicted molar refractivity (Wildman–Crippen MR) is 128 cm³/mol. The lowest BCUT2D eigenvalue weighted by Crippen LogP contribution is -2.53. The third-order valence-corrected chi connectivity index (χ3v) is 5.99. The molecule has 0 spiro atoms. The van der Waals surface area contributed by atoms with Crippen LogP contribution in [0.15, 0.2) is 66.9 Å². The number of aromatic amines is 1. The molecule has 4 rings (SSSR count). The van der Waals surface area contributed by atoms with Crippen LogP contribution in [-0.4, -0.2) is 60.5 Å². The van der Waals surface area contributed by atoms with Crippen molar-refractivity contribution in [1.29, 1.82) is 0 Å². The van der Waals surface area contributed by atoms with Gasteiger partial charge in [-0.3, -0.25) is 4.79 Å². The van der Waals surface area contributed by atoms with Gasteiger partial charge in [0.1, 0.15) is 12.6 Å². The highest BCUT2D eigenvalue weighted by Gasteiger charge is 2.31. The molecule has 1 heterocycles. The molecule has 0 saturated carbocycles. The van der Waals surface area contributed by atoms with E-state index in [1.807, 2.05) is 48.5 Å². The van der Waals surface area contributed by atoms with Crippen molar-refractivity contribution >= 4 is 18.0 Å². The summed E-state index contributed by atoms with van der Waals surface area (Å²) in [6.45, 7) is -0.112. The number of carbonyl (C=O) groups excluding carboxylic acids is 2. The first-order valence-corrected chi connectivity index (χ1v) is 11.2. The molecule has 2 aromatic carbocycles. The average molecular weight is 478 g/mol. The summed E-state index contributed by atoms with van der Waals surface area (Å²) >= 11 is 0. The van der Waals surface area contributed by atoms with Crippen LogP contribution in [-0.2, 0) is 25.5 Å². The first-order chi connectivity index (χ1) is 17.0. The van der Waals surface area contributed by atoms with Crippen LogP contribution in [0.2, 0.25) is 0 Å². The molecule has 1 aromatic heterocycles. The van der Waals surface area contributed by atoms with Crippen LogP contribution in [0.1, 0.15) is 22.7 Å². The second-order valence-corrected chi connectivity index (χ2v) is 8.28. The molecule has 182 valence electrons. The van der Waals surface area contributed by atoms with Crippen LogP contribution in [0.3, 0.4) is 0 Å². The van der Waals surface area contributed by atoms with Crippen molar-refractivity contribution in [2.75, 3.05) is 20.3 Å². The van der Waals surface area contributed by atoms with Gasteiger partial charge in [-0.1, -0.05) is 48.5 Å². The molecular weight excluding hydrogens is 450 g/mol. The summed E-state index contributed by atoms with van der Waals surface area (Å²) < 4.78 is 10.4. The van der Waals surface area contributed by atoms with Crippen molar-refractivity contribution < 1.29 is 29.0 Å². The molecule has 2 atom stereocenters. The lowest BCUT2D eigenvalue weighted by atomic mass is 9.98.